The summed E-state index contributed by atoms with van der Waals surface area (Å²) in [5.74, 6) is 0. The summed E-state index contributed by atoms with van der Waals surface area (Å²) < 4.78 is 0. The highest BCUT2D eigenvalue weighted by molar-refractivity contribution is 7.98. The molecule has 0 saturated heterocycles. The Morgan fingerprint density at radius 3 is 1.22 bits per heavy atom. The Balaban J connectivity index is 2.08. The molecule has 0 aliphatic heterocycles. The van der Waals surface area contributed by atoms with Gasteiger partial charge in [-0.25, -0.2) is 0 Å². The first-order valence-electron chi connectivity index (χ1n) is 5.78. The summed E-state index contributed by atoms with van der Waals surface area (Å²) in [6, 6.07) is 17.2. The molecule has 0 heterocycles. The van der Waals surface area contributed by atoms with E-state index in [2.05, 4.69) is 73.2 Å². The highest BCUT2D eigenvalue weighted by Crippen LogP contribution is 2.18. The number of thioether (sulfide) groups is 2. The Morgan fingerprint density at radius 2 is 0.944 bits per heavy atom. The molecule has 0 unspecified atom stereocenters. The van der Waals surface area contributed by atoms with Crippen molar-refractivity contribution in [1.82, 2.24) is 0 Å². The standard InChI is InChI=1S/C16H16S2/c1-17-15-9-5-13(6-10-15)3-4-14-7-11-16(18-2)12-8-14/h3-12H,1-2H3. The summed E-state index contributed by atoms with van der Waals surface area (Å²) in [4.78, 5) is 2.60. The van der Waals surface area contributed by atoms with Crippen molar-refractivity contribution in [1.29, 1.82) is 0 Å². The van der Waals surface area contributed by atoms with Gasteiger partial charge in [0.25, 0.3) is 0 Å². The van der Waals surface area contributed by atoms with E-state index in [0.29, 0.717) is 0 Å². The predicted molar refractivity (Wildman–Crippen MR) is 85.4 cm³/mol. The minimum atomic E-state index is 1.24. The smallest absolute Gasteiger partial charge is 0.00695 e. The van der Waals surface area contributed by atoms with E-state index in [1.165, 1.54) is 20.9 Å². The molecule has 0 fully saturated rings. The van der Waals surface area contributed by atoms with Crippen LogP contribution < -0.4 is 0 Å². The quantitative estimate of drug-likeness (QED) is 0.547. The highest BCUT2D eigenvalue weighted by atomic mass is 32.2. The average molecular weight is 272 g/mol. The van der Waals surface area contributed by atoms with Crippen LogP contribution in [0.4, 0.5) is 0 Å². The summed E-state index contributed by atoms with van der Waals surface area (Å²) in [6.07, 6.45) is 8.49. The first-order chi connectivity index (χ1) is 8.81. The molecule has 0 nitrogen and oxygen atoms in total. The molecular weight excluding hydrogens is 256 g/mol. The zero-order chi connectivity index (χ0) is 12.8. The van der Waals surface area contributed by atoms with E-state index in [1.807, 2.05) is 0 Å². The molecule has 0 atom stereocenters. The second-order valence-electron chi connectivity index (χ2n) is 3.88. The summed E-state index contributed by atoms with van der Waals surface area (Å²) in [5.41, 5.74) is 2.48. The topological polar surface area (TPSA) is 0 Å². The van der Waals surface area contributed by atoms with Gasteiger partial charge in [-0.15, -0.1) is 23.5 Å². The Labute approximate surface area is 118 Å². The number of rotatable bonds is 4. The lowest BCUT2D eigenvalue weighted by Crippen LogP contribution is -1.75. The van der Waals surface area contributed by atoms with E-state index >= 15 is 0 Å². The Kier molecular flexibility index (Phi) is 4.97. The van der Waals surface area contributed by atoms with E-state index in [1.54, 1.807) is 23.5 Å². The minimum absolute atomic E-state index is 1.24. The molecule has 0 aliphatic rings. The Bertz CT molecular complexity index is 460. The van der Waals surface area contributed by atoms with Crippen molar-refractivity contribution in [2.24, 2.45) is 0 Å². The zero-order valence-corrected chi connectivity index (χ0v) is 12.2. The van der Waals surface area contributed by atoms with E-state index in [9.17, 15) is 0 Å². The van der Waals surface area contributed by atoms with Gasteiger partial charge in [-0.1, -0.05) is 36.4 Å². The van der Waals surface area contributed by atoms with Gasteiger partial charge >= 0.3 is 0 Å². The molecule has 2 aromatic carbocycles. The maximum atomic E-state index is 2.15. The third-order valence-corrected chi connectivity index (χ3v) is 4.19. The van der Waals surface area contributed by atoms with Crippen molar-refractivity contribution < 1.29 is 0 Å². The van der Waals surface area contributed by atoms with Crippen molar-refractivity contribution in [2.45, 2.75) is 9.79 Å². The lowest BCUT2D eigenvalue weighted by atomic mass is 10.1. The molecule has 2 rings (SSSR count). The van der Waals surface area contributed by atoms with Crippen LogP contribution >= 0.6 is 23.5 Å². The van der Waals surface area contributed by atoms with Crippen LogP contribution in [0.5, 0.6) is 0 Å². The molecule has 0 aliphatic carbocycles. The van der Waals surface area contributed by atoms with Gasteiger partial charge in [0.15, 0.2) is 0 Å². The summed E-state index contributed by atoms with van der Waals surface area (Å²) in [5, 5.41) is 0. The van der Waals surface area contributed by atoms with E-state index in [-0.39, 0.29) is 0 Å². The monoisotopic (exact) mass is 272 g/mol. The molecule has 2 aromatic rings. The van der Waals surface area contributed by atoms with Crippen molar-refractivity contribution in [3.05, 3.63) is 59.7 Å². The van der Waals surface area contributed by atoms with Crippen LogP contribution in [0.3, 0.4) is 0 Å². The van der Waals surface area contributed by atoms with Gasteiger partial charge in [-0.2, -0.15) is 0 Å². The van der Waals surface area contributed by atoms with Crippen LogP contribution in [0.2, 0.25) is 0 Å². The van der Waals surface area contributed by atoms with E-state index in [0.717, 1.165) is 0 Å². The van der Waals surface area contributed by atoms with Crippen LogP contribution in [0.25, 0.3) is 12.2 Å². The Morgan fingerprint density at radius 1 is 0.611 bits per heavy atom. The predicted octanol–water partition coefficient (Wildman–Crippen LogP) is 5.30. The molecular formula is C16H16S2. The maximum Gasteiger partial charge on any atom is 0.00695 e. The van der Waals surface area contributed by atoms with E-state index < -0.39 is 0 Å². The van der Waals surface area contributed by atoms with Gasteiger partial charge in [-0.3, -0.25) is 0 Å². The van der Waals surface area contributed by atoms with Gasteiger partial charge in [-0.05, 0) is 47.9 Å². The van der Waals surface area contributed by atoms with Gasteiger partial charge in [0, 0.05) is 9.79 Å². The van der Waals surface area contributed by atoms with Crippen LogP contribution in [-0.4, -0.2) is 12.5 Å². The molecule has 0 aromatic heterocycles. The third kappa shape index (κ3) is 3.69. The first kappa shape index (κ1) is 13.3. The average Bonchev–Trinajstić information content (AvgIpc) is 2.46. The molecule has 2 heteroatoms. The fraction of sp³-hybridized carbons (Fsp3) is 0.125. The second-order valence-corrected chi connectivity index (χ2v) is 5.64. The normalized spacial score (nSPS) is 11.0. The van der Waals surface area contributed by atoms with Gasteiger partial charge in [0.1, 0.15) is 0 Å². The van der Waals surface area contributed by atoms with Gasteiger partial charge in [0.05, 0.1) is 0 Å². The van der Waals surface area contributed by atoms with Crippen molar-refractivity contribution in [3.63, 3.8) is 0 Å². The van der Waals surface area contributed by atoms with Crippen molar-refractivity contribution in [2.75, 3.05) is 12.5 Å². The lowest BCUT2D eigenvalue weighted by Gasteiger charge is -1.98. The summed E-state index contributed by atoms with van der Waals surface area (Å²) in [7, 11) is 0. The third-order valence-electron chi connectivity index (χ3n) is 2.70. The van der Waals surface area contributed by atoms with Crippen LogP contribution in [-0.2, 0) is 0 Å². The molecule has 0 radical (unpaired) electrons. The summed E-state index contributed by atoms with van der Waals surface area (Å²) >= 11 is 3.54. The largest absolute Gasteiger partial charge is 0.130 e. The van der Waals surface area contributed by atoms with Crippen molar-refractivity contribution in [3.8, 4) is 0 Å². The highest BCUT2D eigenvalue weighted by Gasteiger charge is 1.91. The van der Waals surface area contributed by atoms with Crippen molar-refractivity contribution >= 4 is 35.7 Å². The van der Waals surface area contributed by atoms with E-state index in [4.69, 9.17) is 0 Å². The molecule has 0 N–H and O–H groups in total. The Hall–Kier alpha value is -1.12. The molecule has 18 heavy (non-hydrogen) atoms. The zero-order valence-electron chi connectivity index (χ0n) is 10.6. The molecule has 0 bridgehead atoms. The van der Waals surface area contributed by atoms with Crippen LogP contribution in [0, 0.1) is 0 Å². The number of hydrogen-bond donors (Lipinski definition) is 0. The van der Waals surface area contributed by atoms with Gasteiger partial charge < -0.3 is 0 Å². The van der Waals surface area contributed by atoms with Crippen LogP contribution in [0.15, 0.2) is 58.3 Å². The minimum Gasteiger partial charge on any atom is -0.130 e. The molecule has 0 amide bonds. The SMILES string of the molecule is CSc1ccc(C=Cc2ccc(SC)cc2)cc1. The fourth-order valence-electron chi connectivity index (χ4n) is 1.62. The lowest BCUT2D eigenvalue weighted by molar-refractivity contribution is 1.45. The van der Waals surface area contributed by atoms with Crippen LogP contribution in [0.1, 0.15) is 11.1 Å². The van der Waals surface area contributed by atoms with Gasteiger partial charge in [0.2, 0.25) is 0 Å². The molecule has 92 valence electrons. The molecule has 0 spiro atoms. The maximum absolute atomic E-state index is 2.15. The second kappa shape index (κ2) is 6.72. The number of benzene rings is 2. The first-order valence-corrected chi connectivity index (χ1v) is 8.23. The number of hydrogen-bond acceptors (Lipinski definition) is 2. The summed E-state index contributed by atoms with van der Waals surface area (Å²) in [6.45, 7) is 0. The fourth-order valence-corrected chi connectivity index (χ4v) is 2.44. The molecule has 0 saturated carbocycles.